The van der Waals surface area contributed by atoms with Gasteiger partial charge in [0.1, 0.15) is 5.75 Å². The van der Waals surface area contributed by atoms with Crippen molar-refractivity contribution in [3.8, 4) is 5.75 Å². The minimum Gasteiger partial charge on any atom is -0.493 e. The molecule has 0 saturated carbocycles. The summed E-state index contributed by atoms with van der Waals surface area (Å²) < 4.78 is 5.84. The molecule has 0 fully saturated rings. The van der Waals surface area contributed by atoms with E-state index in [0.717, 1.165) is 41.5 Å². The first-order chi connectivity index (χ1) is 10.2. The summed E-state index contributed by atoms with van der Waals surface area (Å²) in [7, 11) is 0. The van der Waals surface area contributed by atoms with Gasteiger partial charge in [0, 0.05) is 27.3 Å². The maximum Gasteiger partial charge on any atom is 0.127 e. The highest BCUT2D eigenvalue weighted by atomic mass is 35.5. The molecule has 2 aromatic rings. The van der Waals surface area contributed by atoms with Crippen molar-refractivity contribution in [2.24, 2.45) is 5.73 Å². The Morgan fingerprint density at radius 3 is 2.81 bits per heavy atom. The molecule has 21 heavy (non-hydrogen) atoms. The van der Waals surface area contributed by atoms with Crippen LogP contribution in [-0.4, -0.2) is 12.4 Å². The Morgan fingerprint density at radius 1 is 1.19 bits per heavy atom. The fraction of sp³-hybridized carbons (Fsp3) is 0.294. The number of rotatable bonds is 4. The van der Waals surface area contributed by atoms with Gasteiger partial charge in [0.15, 0.2) is 0 Å². The van der Waals surface area contributed by atoms with Gasteiger partial charge in [-0.15, -0.1) is 11.8 Å². The second kappa shape index (κ2) is 6.73. The molecule has 4 heteroatoms. The lowest BCUT2D eigenvalue weighted by atomic mass is 9.99. The van der Waals surface area contributed by atoms with E-state index in [9.17, 15) is 0 Å². The zero-order chi connectivity index (χ0) is 14.7. The predicted molar refractivity (Wildman–Crippen MR) is 89.4 cm³/mol. The van der Waals surface area contributed by atoms with Crippen LogP contribution in [0.4, 0.5) is 0 Å². The van der Waals surface area contributed by atoms with E-state index in [-0.39, 0.29) is 6.04 Å². The van der Waals surface area contributed by atoms with Crippen molar-refractivity contribution in [3.63, 3.8) is 0 Å². The number of aryl methyl sites for hydroxylation is 1. The summed E-state index contributed by atoms with van der Waals surface area (Å²) in [5.74, 6) is 1.83. The molecule has 0 bridgehead atoms. The molecular formula is C17H18ClNOS. The Balaban J connectivity index is 1.70. The summed E-state index contributed by atoms with van der Waals surface area (Å²) in [6.07, 6.45) is 2.17. The lowest BCUT2D eigenvalue weighted by Crippen LogP contribution is -2.18. The fourth-order valence-corrected chi connectivity index (χ4v) is 3.52. The van der Waals surface area contributed by atoms with E-state index in [2.05, 4.69) is 18.2 Å². The summed E-state index contributed by atoms with van der Waals surface area (Å²) in [5.41, 5.74) is 8.77. The Kier molecular flexibility index (Phi) is 4.73. The quantitative estimate of drug-likeness (QED) is 0.845. The predicted octanol–water partition coefficient (Wildman–Crippen LogP) is 4.46. The van der Waals surface area contributed by atoms with Crippen molar-refractivity contribution in [3.05, 3.63) is 58.6 Å². The lowest BCUT2D eigenvalue weighted by molar-refractivity contribution is 0.284. The molecule has 0 amide bonds. The Bertz CT molecular complexity index is 615. The van der Waals surface area contributed by atoms with E-state index < -0.39 is 0 Å². The molecule has 2 nitrogen and oxygen atoms in total. The molecule has 0 spiro atoms. The molecule has 0 radical (unpaired) electrons. The Morgan fingerprint density at radius 2 is 2.00 bits per heavy atom. The first-order valence-corrected chi connectivity index (χ1v) is 8.49. The second-order valence-electron chi connectivity index (χ2n) is 5.16. The van der Waals surface area contributed by atoms with Gasteiger partial charge in [-0.1, -0.05) is 29.8 Å². The second-order valence-corrected chi connectivity index (χ2v) is 6.69. The summed E-state index contributed by atoms with van der Waals surface area (Å²) in [4.78, 5) is 1.18. The molecule has 0 saturated heterocycles. The van der Waals surface area contributed by atoms with Crippen LogP contribution in [0.1, 0.15) is 23.6 Å². The van der Waals surface area contributed by atoms with Gasteiger partial charge in [0.25, 0.3) is 0 Å². The third-order valence-corrected chi connectivity index (χ3v) is 4.99. The van der Waals surface area contributed by atoms with Crippen LogP contribution in [0.3, 0.4) is 0 Å². The monoisotopic (exact) mass is 319 g/mol. The van der Waals surface area contributed by atoms with Crippen LogP contribution in [0.2, 0.25) is 5.02 Å². The van der Waals surface area contributed by atoms with E-state index in [1.165, 1.54) is 10.5 Å². The van der Waals surface area contributed by atoms with Crippen LogP contribution in [0.15, 0.2) is 47.4 Å². The molecule has 1 aliphatic rings. The highest BCUT2D eigenvalue weighted by molar-refractivity contribution is 7.99. The molecular weight excluding hydrogens is 302 g/mol. The van der Waals surface area contributed by atoms with Gasteiger partial charge in [-0.25, -0.2) is 0 Å². The van der Waals surface area contributed by atoms with Crippen LogP contribution in [0.25, 0.3) is 0 Å². The number of nitrogens with two attached hydrogens (primary N) is 1. The smallest absolute Gasteiger partial charge is 0.127 e. The van der Waals surface area contributed by atoms with E-state index in [1.807, 2.05) is 24.3 Å². The average molecular weight is 320 g/mol. The summed E-state index contributed by atoms with van der Waals surface area (Å²) in [5, 5.41) is 0.758. The molecule has 1 unspecified atom stereocenters. The van der Waals surface area contributed by atoms with Crippen LogP contribution in [0, 0.1) is 0 Å². The lowest BCUT2D eigenvalue weighted by Gasteiger charge is -2.23. The number of hydrogen-bond donors (Lipinski definition) is 1. The average Bonchev–Trinajstić information content (AvgIpc) is 2.53. The zero-order valence-electron chi connectivity index (χ0n) is 11.7. The number of halogens is 1. The highest BCUT2D eigenvalue weighted by Gasteiger charge is 2.18. The summed E-state index contributed by atoms with van der Waals surface area (Å²) >= 11 is 7.64. The molecule has 1 aliphatic heterocycles. The molecule has 3 rings (SSSR count). The van der Waals surface area contributed by atoms with Crippen LogP contribution in [0.5, 0.6) is 5.75 Å². The summed E-state index contributed by atoms with van der Waals surface area (Å²) in [6, 6.07) is 14.1. The van der Waals surface area contributed by atoms with E-state index in [0.29, 0.717) is 0 Å². The first-order valence-electron chi connectivity index (χ1n) is 7.12. The zero-order valence-corrected chi connectivity index (χ0v) is 13.3. The molecule has 0 aromatic heterocycles. The third-order valence-electron chi connectivity index (χ3n) is 3.61. The van der Waals surface area contributed by atoms with Gasteiger partial charge in [-0.3, -0.25) is 0 Å². The number of thioether (sulfide) groups is 1. The van der Waals surface area contributed by atoms with Crippen LogP contribution >= 0.6 is 23.4 Å². The molecule has 2 aromatic carbocycles. The SMILES string of the molecule is NC(CSc1ccc(Cl)cc1)c1cccc2c1OCCC2. The normalized spacial score (nSPS) is 15.1. The Labute approximate surface area is 134 Å². The van der Waals surface area contributed by atoms with Gasteiger partial charge < -0.3 is 10.5 Å². The number of fused-ring (bicyclic) bond motifs is 1. The van der Waals surface area contributed by atoms with E-state index >= 15 is 0 Å². The molecule has 0 aliphatic carbocycles. The minimum atomic E-state index is -0.0290. The van der Waals surface area contributed by atoms with Crippen molar-refractivity contribution in [1.82, 2.24) is 0 Å². The van der Waals surface area contributed by atoms with Gasteiger partial charge in [0.05, 0.1) is 6.61 Å². The van der Waals surface area contributed by atoms with Crippen molar-refractivity contribution >= 4 is 23.4 Å². The van der Waals surface area contributed by atoms with Crippen LogP contribution < -0.4 is 10.5 Å². The first kappa shape index (κ1) is 14.8. The number of para-hydroxylation sites is 1. The van der Waals surface area contributed by atoms with Crippen molar-refractivity contribution in [2.75, 3.05) is 12.4 Å². The van der Waals surface area contributed by atoms with Gasteiger partial charge >= 0.3 is 0 Å². The van der Waals surface area contributed by atoms with Crippen molar-refractivity contribution in [2.45, 2.75) is 23.8 Å². The molecule has 110 valence electrons. The largest absolute Gasteiger partial charge is 0.493 e. The molecule has 2 N–H and O–H groups in total. The van der Waals surface area contributed by atoms with Crippen molar-refractivity contribution < 1.29 is 4.74 Å². The fourth-order valence-electron chi connectivity index (χ4n) is 2.51. The van der Waals surface area contributed by atoms with Crippen molar-refractivity contribution in [1.29, 1.82) is 0 Å². The van der Waals surface area contributed by atoms with Gasteiger partial charge in [-0.2, -0.15) is 0 Å². The summed E-state index contributed by atoms with van der Waals surface area (Å²) in [6.45, 7) is 0.793. The maximum atomic E-state index is 6.37. The minimum absolute atomic E-state index is 0.0290. The van der Waals surface area contributed by atoms with Crippen LogP contribution in [-0.2, 0) is 6.42 Å². The Hall–Kier alpha value is -1.16. The van der Waals surface area contributed by atoms with Gasteiger partial charge in [-0.05, 0) is 42.7 Å². The topological polar surface area (TPSA) is 35.2 Å². The maximum absolute atomic E-state index is 6.37. The standard InChI is InChI=1S/C17H18ClNOS/c18-13-6-8-14(9-7-13)21-11-16(19)15-5-1-3-12-4-2-10-20-17(12)15/h1,3,5-9,16H,2,4,10-11,19H2. The number of ether oxygens (including phenoxy) is 1. The number of benzene rings is 2. The molecule has 1 heterocycles. The van der Waals surface area contributed by atoms with E-state index in [1.54, 1.807) is 11.8 Å². The van der Waals surface area contributed by atoms with Gasteiger partial charge in [0.2, 0.25) is 0 Å². The van der Waals surface area contributed by atoms with E-state index in [4.69, 9.17) is 22.1 Å². The number of hydrogen-bond acceptors (Lipinski definition) is 3. The highest BCUT2D eigenvalue weighted by Crippen LogP contribution is 2.34. The molecule has 1 atom stereocenters. The third kappa shape index (κ3) is 3.54.